The van der Waals surface area contributed by atoms with Crippen molar-refractivity contribution < 1.29 is 0 Å². The van der Waals surface area contributed by atoms with Crippen LogP contribution in [0.3, 0.4) is 0 Å². The largest absolute Gasteiger partial charge is 0.383 e. The first-order valence-electron chi connectivity index (χ1n) is 7.65. The first kappa shape index (κ1) is 17.3. The van der Waals surface area contributed by atoms with E-state index in [1.54, 1.807) is 0 Å². The van der Waals surface area contributed by atoms with E-state index < -0.39 is 11.2 Å². The van der Waals surface area contributed by atoms with Crippen LogP contribution in [-0.2, 0) is 6.54 Å². The molecule has 1 aromatic heterocycles. The van der Waals surface area contributed by atoms with Gasteiger partial charge in [-0.2, -0.15) is 0 Å². The van der Waals surface area contributed by atoms with Crippen molar-refractivity contribution in [3.63, 3.8) is 0 Å². The molecule has 1 rings (SSSR count). The van der Waals surface area contributed by atoms with Gasteiger partial charge in [0.15, 0.2) is 0 Å². The van der Waals surface area contributed by atoms with Crippen LogP contribution in [0, 0.1) is 11.8 Å². The molecule has 0 saturated carbocycles. The number of nitrogens with one attached hydrogen (secondary N) is 2. The Morgan fingerprint density at radius 3 is 2.38 bits per heavy atom. The third kappa shape index (κ3) is 4.65. The summed E-state index contributed by atoms with van der Waals surface area (Å²) in [5.74, 6) is 1.05. The molecule has 0 fully saturated rings. The molecule has 0 aliphatic heterocycles. The normalized spacial score (nSPS) is 14.2. The third-order valence-corrected chi connectivity index (χ3v) is 3.63. The van der Waals surface area contributed by atoms with Crippen LogP contribution in [0.4, 0.5) is 11.5 Å². The van der Waals surface area contributed by atoms with Gasteiger partial charge < -0.3 is 11.1 Å². The first-order chi connectivity index (χ1) is 9.76. The standard InChI is InChI=1S/C15H28N4O2/c1-6-10(4)7-11(5)17-12-13(16)19(8-9(2)3)15(21)18-14(12)20/h9-11,17H,6-8,16H2,1-5H3,(H,18,20,21). The van der Waals surface area contributed by atoms with Crippen LogP contribution in [0.5, 0.6) is 0 Å². The second kappa shape index (κ2) is 7.33. The summed E-state index contributed by atoms with van der Waals surface area (Å²) in [6.45, 7) is 10.8. The molecule has 1 aromatic rings. The van der Waals surface area contributed by atoms with Gasteiger partial charge in [-0.15, -0.1) is 0 Å². The average Bonchev–Trinajstić information content (AvgIpc) is 2.39. The highest BCUT2D eigenvalue weighted by Crippen LogP contribution is 2.17. The highest BCUT2D eigenvalue weighted by atomic mass is 16.2. The minimum absolute atomic E-state index is 0.119. The van der Waals surface area contributed by atoms with E-state index in [1.807, 2.05) is 20.8 Å². The smallest absolute Gasteiger partial charge is 0.330 e. The summed E-state index contributed by atoms with van der Waals surface area (Å²) < 4.78 is 1.42. The van der Waals surface area contributed by atoms with Gasteiger partial charge in [0.05, 0.1) is 0 Å². The summed E-state index contributed by atoms with van der Waals surface area (Å²) in [5, 5.41) is 3.16. The van der Waals surface area contributed by atoms with Gasteiger partial charge in [0.2, 0.25) is 0 Å². The van der Waals surface area contributed by atoms with Gasteiger partial charge in [-0.3, -0.25) is 14.3 Å². The van der Waals surface area contributed by atoms with Gasteiger partial charge in [0.25, 0.3) is 5.56 Å². The molecule has 0 saturated heterocycles. The van der Waals surface area contributed by atoms with Gasteiger partial charge in [-0.25, -0.2) is 4.79 Å². The summed E-state index contributed by atoms with van der Waals surface area (Å²) in [5.41, 5.74) is 5.42. The van der Waals surface area contributed by atoms with E-state index >= 15 is 0 Å². The predicted molar refractivity (Wildman–Crippen MR) is 87.7 cm³/mol. The molecule has 6 nitrogen and oxygen atoms in total. The van der Waals surface area contributed by atoms with Crippen molar-refractivity contribution in [3.8, 4) is 0 Å². The molecule has 2 atom stereocenters. The van der Waals surface area contributed by atoms with Gasteiger partial charge in [0.1, 0.15) is 11.5 Å². The van der Waals surface area contributed by atoms with Gasteiger partial charge in [-0.05, 0) is 25.2 Å². The van der Waals surface area contributed by atoms with E-state index in [9.17, 15) is 9.59 Å². The Labute approximate surface area is 125 Å². The molecule has 6 heteroatoms. The van der Waals surface area contributed by atoms with Crippen LogP contribution in [0.2, 0.25) is 0 Å². The van der Waals surface area contributed by atoms with Crippen molar-refractivity contribution in [2.45, 2.75) is 60.0 Å². The van der Waals surface area contributed by atoms with E-state index in [0.29, 0.717) is 18.2 Å². The Balaban J connectivity index is 3.07. The molecule has 4 N–H and O–H groups in total. The highest BCUT2D eigenvalue weighted by molar-refractivity contribution is 5.60. The summed E-state index contributed by atoms with van der Waals surface area (Å²) >= 11 is 0. The Bertz CT molecular complexity index is 574. The molecule has 120 valence electrons. The van der Waals surface area contributed by atoms with Crippen LogP contribution in [0.1, 0.15) is 47.5 Å². The number of hydrogen-bond acceptors (Lipinski definition) is 4. The molecule has 0 bridgehead atoms. The molecule has 0 aliphatic rings. The van der Waals surface area contributed by atoms with Crippen LogP contribution >= 0.6 is 0 Å². The fourth-order valence-electron chi connectivity index (χ4n) is 2.35. The average molecular weight is 296 g/mol. The Morgan fingerprint density at radius 2 is 1.86 bits per heavy atom. The number of rotatable bonds is 7. The van der Waals surface area contributed by atoms with Crippen molar-refractivity contribution in [1.82, 2.24) is 9.55 Å². The zero-order chi connectivity index (χ0) is 16.2. The Morgan fingerprint density at radius 1 is 1.24 bits per heavy atom. The van der Waals surface area contributed by atoms with Gasteiger partial charge in [0, 0.05) is 12.6 Å². The van der Waals surface area contributed by atoms with E-state index in [2.05, 4.69) is 24.1 Å². The third-order valence-electron chi connectivity index (χ3n) is 3.63. The maximum Gasteiger partial charge on any atom is 0.330 e. The molecule has 0 aliphatic carbocycles. The molecule has 0 radical (unpaired) electrons. The van der Waals surface area contributed by atoms with E-state index in [1.165, 1.54) is 4.57 Å². The fourth-order valence-corrected chi connectivity index (χ4v) is 2.35. The lowest BCUT2D eigenvalue weighted by molar-refractivity contribution is 0.482. The fraction of sp³-hybridized carbons (Fsp3) is 0.733. The maximum absolute atomic E-state index is 12.0. The number of nitrogens with zero attached hydrogens (tertiary/aromatic N) is 1. The molecular weight excluding hydrogens is 268 g/mol. The zero-order valence-corrected chi connectivity index (χ0v) is 13.7. The minimum atomic E-state index is -0.452. The monoisotopic (exact) mass is 296 g/mol. The van der Waals surface area contributed by atoms with Gasteiger partial charge in [-0.1, -0.05) is 34.1 Å². The first-order valence-corrected chi connectivity index (χ1v) is 7.65. The molecule has 0 aromatic carbocycles. The van der Waals surface area contributed by atoms with Crippen molar-refractivity contribution >= 4 is 11.5 Å². The van der Waals surface area contributed by atoms with E-state index in [0.717, 1.165) is 12.8 Å². The van der Waals surface area contributed by atoms with Crippen LogP contribution < -0.4 is 22.3 Å². The molecule has 0 spiro atoms. The van der Waals surface area contributed by atoms with Gasteiger partial charge >= 0.3 is 5.69 Å². The van der Waals surface area contributed by atoms with Crippen LogP contribution in [0.25, 0.3) is 0 Å². The SMILES string of the molecule is CCC(C)CC(C)Nc1c(N)n(CC(C)C)c(=O)[nH]c1=O. The highest BCUT2D eigenvalue weighted by Gasteiger charge is 2.16. The second-order valence-electron chi connectivity index (χ2n) is 6.32. The van der Waals surface area contributed by atoms with E-state index in [4.69, 9.17) is 5.73 Å². The van der Waals surface area contributed by atoms with E-state index in [-0.39, 0.29) is 17.8 Å². The topological polar surface area (TPSA) is 92.9 Å². The zero-order valence-electron chi connectivity index (χ0n) is 13.7. The molecule has 21 heavy (non-hydrogen) atoms. The number of nitrogens with two attached hydrogens (primary N) is 1. The Hall–Kier alpha value is -1.72. The number of nitrogen functional groups attached to an aromatic ring is 1. The number of anilines is 2. The minimum Gasteiger partial charge on any atom is -0.383 e. The lowest BCUT2D eigenvalue weighted by atomic mass is 10.0. The number of aromatic nitrogens is 2. The Kier molecular flexibility index (Phi) is 6.05. The van der Waals surface area contributed by atoms with Crippen molar-refractivity contribution in [2.75, 3.05) is 11.1 Å². The number of hydrogen-bond donors (Lipinski definition) is 3. The quantitative estimate of drug-likeness (QED) is 0.717. The van der Waals surface area contributed by atoms with Crippen molar-refractivity contribution in [1.29, 1.82) is 0 Å². The molecule has 1 heterocycles. The molecular formula is C15H28N4O2. The van der Waals surface area contributed by atoms with Crippen LogP contribution in [-0.4, -0.2) is 15.6 Å². The summed E-state index contributed by atoms with van der Waals surface area (Å²) in [7, 11) is 0. The lowest BCUT2D eigenvalue weighted by Gasteiger charge is -2.21. The molecule has 2 unspecified atom stereocenters. The van der Waals surface area contributed by atoms with Crippen molar-refractivity contribution in [2.24, 2.45) is 11.8 Å². The number of aromatic amines is 1. The molecule has 0 amide bonds. The lowest BCUT2D eigenvalue weighted by Crippen LogP contribution is -2.36. The van der Waals surface area contributed by atoms with Crippen LogP contribution in [0.15, 0.2) is 9.59 Å². The summed E-state index contributed by atoms with van der Waals surface area (Å²) in [6.07, 6.45) is 2.03. The summed E-state index contributed by atoms with van der Waals surface area (Å²) in [4.78, 5) is 26.2. The predicted octanol–water partition coefficient (Wildman–Crippen LogP) is 2.01. The second-order valence-corrected chi connectivity index (χ2v) is 6.32. The van der Waals surface area contributed by atoms with Crippen molar-refractivity contribution in [3.05, 3.63) is 20.8 Å². The summed E-state index contributed by atoms with van der Waals surface area (Å²) in [6, 6.07) is 0.119. The maximum atomic E-state index is 12.0. The number of H-pyrrole nitrogens is 1.